The number of rotatable bonds is 3. The molecule has 78 valence electrons. The Morgan fingerprint density at radius 3 is 2.47 bits per heavy atom. The van der Waals surface area contributed by atoms with Crippen LogP contribution in [-0.4, -0.2) is 29.9 Å². The molecule has 0 unspecified atom stereocenters. The van der Waals surface area contributed by atoms with Crippen LogP contribution in [0.15, 0.2) is 23.1 Å². The van der Waals surface area contributed by atoms with E-state index < -0.39 is 5.97 Å². The Hall–Kier alpha value is -0.200. The van der Waals surface area contributed by atoms with Crippen molar-refractivity contribution in [1.82, 2.24) is 0 Å². The van der Waals surface area contributed by atoms with E-state index in [4.69, 9.17) is 9.84 Å². The summed E-state index contributed by atoms with van der Waals surface area (Å²) >= 11 is 1.55. The van der Waals surface area contributed by atoms with E-state index in [1.165, 1.54) is 7.11 Å². The largest absolute Gasteiger partial charge is 1.00 e. The number of hydrogen-bond donors (Lipinski definition) is 1. The van der Waals surface area contributed by atoms with E-state index in [1.807, 2.05) is 6.26 Å². The van der Waals surface area contributed by atoms with Gasteiger partial charge in [-0.3, -0.25) is 0 Å². The van der Waals surface area contributed by atoms with Crippen molar-refractivity contribution in [3.63, 3.8) is 0 Å². The fraction of sp³-hybridized carbons (Fsp3) is 0.222. The van der Waals surface area contributed by atoms with E-state index in [0.29, 0.717) is 5.75 Å². The van der Waals surface area contributed by atoms with Gasteiger partial charge >= 0.3 is 35.5 Å². The molecule has 0 fully saturated rings. The van der Waals surface area contributed by atoms with Gasteiger partial charge in [0, 0.05) is 4.90 Å². The van der Waals surface area contributed by atoms with Crippen LogP contribution >= 0.6 is 11.8 Å². The van der Waals surface area contributed by atoms with Gasteiger partial charge in [-0.15, -0.1) is 11.8 Å². The number of carboxylic acid groups (broad SMARTS) is 1. The van der Waals surface area contributed by atoms with Crippen LogP contribution in [0.2, 0.25) is 0 Å². The second kappa shape index (κ2) is 8.01. The number of carboxylic acids is 1. The van der Waals surface area contributed by atoms with Crippen LogP contribution in [0.3, 0.4) is 0 Å². The third kappa shape index (κ3) is 4.44. The molecular weight excluding hydrogens is 227 g/mol. The molecule has 0 saturated carbocycles. The van der Waals surface area contributed by atoms with Gasteiger partial charge in [-0.25, -0.2) is 4.79 Å². The topological polar surface area (TPSA) is 76.5 Å². The molecule has 0 atom stereocenters. The minimum absolute atomic E-state index is 0. The van der Waals surface area contributed by atoms with Gasteiger partial charge < -0.3 is 15.3 Å². The molecule has 6 heteroatoms. The van der Waals surface area contributed by atoms with E-state index >= 15 is 0 Å². The molecule has 0 heterocycles. The first-order valence-corrected chi connectivity index (χ1v) is 4.87. The predicted octanol–water partition coefficient (Wildman–Crippen LogP) is -1.06. The number of methoxy groups -OCH3 is 1. The first-order chi connectivity index (χ1) is 6.19. The molecule has 0 aliphatic carbocycles. The van der Waals surface area contributed by atoms with E-state index in [9.17, 15) is 4.79 Å². The first-order valence-electron chi connectivity index (χ1n) is 3.64. The summed E-state index contributed by atoms with van der Waals surface area (Å²) < 4.78 is 4.95. The first kappa shape index (κ1) is 17.2. The average Bonchev–Trinajstić information content (AvgIpc) is 2.16. The van der Waals surface area contributed by atoms with Gasteiger partial charge in [0.1, 0.15) is 11.3 Å². The van der Waals surface area contributed by atoms with Gasteiger partial charge in [-0.05, 0) is 24.5 Å². The van der Waals surface area contributed by atoms with E-state index in [-0.39, 0.29) is 40.6 Å². The maximum atomic E-state index is 10.7. The second-order valence-corrected chi connectivity index (χ2v) is 3.25. The number of aromatic carboxylic acids is 1. The smallest absolute Gasteiger partial charge is 0.870 e. The minimum Gasteiger partial charge on any atom is -0.870 e. The Labute approximate surface area is 115 Å². The fourth-order valence-electron chi connectivity index (χ4n) is 0.975. The van der Waals surface area contributed by atoms with Gasteiger partial charge in [-0.1, -0.05) is 0 Å². The molecule has 0 aliphatic heterocycles. The summed E-state index contributed by atoms with van der Waals surface area (Å²) in [6.45, 7) is 0. The van der Waals surface area contributed by atoms with E-state index in [2.05, 4.69) is 0 Å². The molecule has 15 heavy (non-hydrogen) atoms. The Kier molecular flexibility index (Phi) is 9.19. The van der Waals surface area contributed by atoms with Crippen LogP contribution in [0.1, 0.15) is 10.4 Å². The quantitative estimate of drug-likeness (QED) is 0.536. The van der Waals surface area contributed by atoms with Gasteiger partial charge in [0.25, 0.3) is 0 Å². The monoisotopic (exact) mass is 238 g/mol. The zero-order valence-electron chi connectivity index (χ0n) is 8.85. The van der Waals surface area contributed by atoms with Crippen LogP contribution in [-0.2, 0) is 0 Å². The Morgan fingerprint density at radius 2 is 2.07 bits per heavy atom. The minimum atomic E-state index is -0.968. The predicted molar refractivity (Wildman–Crippen MR) is 53.7 cm³/mol. The van der Waals surface area contributed by atoms with Gasteiger partial charge in [-0.2, -0.15) is 0 Å². The molecule has 1 rings (SSSR count). The van der Waals surface area contributed by atoms with Crippen LogP contribution in [0.5, 0.6) is 5.75 Å². The molecular formula is C9H11NaO4S. The van der Waals surface area contributed by atoms with Crippen LogP contribution in [0, 0.1) is 0 Å². The van der Waals surface area contributed by atoms with E-state index in [0.717, 1.165) is 4.90 Å². The molecule has 4 nitrogen and oxygen atoms in total. The molecule has 2 N–H and O–H groups in total. The third-order valence-electron chi connectivity index (χ3n) is 1.64. The molecule has 0 bridgehead atoms. The molecule has 0 spiro atoms. The van der Waals surface area contributed by atoms with Crippen molar-refractivity contribution in [3.05, 3.63) is 23.8 Å². The zero-order valence-corrected chi connectivity index (χ0v) is 11.7. The molecule has 1 aromatic carbocycles. The summed E-state index contributed by atoms with van der Waals surface area (Å²) in [6.07, 6.45) is 1.93. The van der Waals surface area contributed by atoms with Crippen molar-refractivity contribution in [2.45, 2.75) is 4.90 Å². The zero-order chi connectivity index (χ0) is 9.84. The molecule has 0 saturated heterocycles. The molecule has 0 amide bonds. The number of thioether (sulfide) groups is 1. The van der Waals surface area contributed by atoms with Crippen molar-refractivity contribution < 1.29 is 49.7 Å². The number of hydrogen-bond acceptors (Lipinski definition) is 4. The molecule has 0 aliphatic rings. The third-order valence-corrected chi connectivity index (χ3v) is 2.36. The van der Waals surface area contributed by atoms with Crippen molar-refractivity contribution in [1.29, 1.82) is 0 Å². The van der Waals surface area contributed by atoms with Gasteiger partial charge in [0.15, 0.2) is 0 Å². The van der Waals surface area contributed by atoms with Crippen LogP contribution in [0.4, 0.5) is 0 Å². The van der Waals surface area contributed by atoms with Crippen molar-refractivity contribution in [2.24, 2.45) is 0 Å². The summed E-state index contributed by atoms with van der Waals surface area (Å²) in [6, 6.07) is 5.03. The van der Waals surface area contributed by atoms with Crippen molar-refractivity contribution in [2.75, 3.05) is 13.4 Å². The van der Waals surface area contributed by atoms with E-state index in [1.54, 1.807) is 30.0 Å². The van der Waals surface area contributed by atoms with Gasteiger partial charge in [0.2, 0.25) is 0 Å². The second-order valence-electron chi connectivity index (χ2n) is 2.37. The standard InChI is InChI=1S/C9H10O3S.Na.H2O/c1-12-8-5-6(13-2)3-4-7(8)9(10)11;;/h3-5H,1-2H3,(H,10,11);;1H2/q;+1;/p-1. The van der Waals surface area contributed by atoms with Crippen molar-refractivity contribution >= 4 is 17.7 Å². The molecule has 0 radical (unpaired) electrons. The summed E-state index contributed by atoms with van der Waals surface area (Å²) in [4.78, 5) is 11.7. The molecule has 1 aromatic rings. The Balaban J connectivity index is 0. The number of carbonyl (C=O) groups is 1. The van der Waals surface area contributed by atoms with Crippen LogP contribution < -0.4 is 34.3 Å². The summed E-state index contributed by atoms with van der Waals surface area (Å²) in [5, 5.41) is 8.77. The Bertz CT molecular complexity index is 330. The van der Waals surface area contributed by atoms with Crippen molar-refractivity contribution in [3.8, 4) is 5.75 Å². The SMILES string of the molecule is COc1cc(SC)ccc1C(=O)O.[Na+].[OH-]. The summed E-state index contributed by atoms with van der Waals surface area (Å²) in [5.41, 5.74) is 0.195. The molecule has 0 aromatic heterocycles. The summed E-state index contributed by atoms with van der Waals surface area (Å²) in [7, 11) is 1.46. The van der Waals surface area contributed by atoms with Gasteiger partial charge in [0.05, 0.1) is 7.11 Å². The maximum Gasteiger partial charge on any atom is 1.00 e. The normalized spacial score (nSPS) is 8.40. The number of benzene rings is 1. The maximum absolute atomic E-state index is 10.7. The van der Waals surface area contributed by atoms with Crippen LogP contribution in [0.25, 0.3) is 0 Å². The fourth-order valence-corrected chi connectivity index (χ4v) is 1.40. The average molecular weight is 238 g/mol. The summed E-state index contributed by atoms with van der Waals surface area (Å²) in [5.74, 6) is -0.566. The Morgan fingerprint density at radius 1 is 1.47 bits per heavy atom. The number of ether oxygens (including phenoxy) is 1.